The molecule has 1 aromatic rings. The van der Waals surface area contributed by atoms with E-state index in [1.807, 2.05) is 13.8 Å². The van der Waals surface area contributed by atoms with Crippen LogP contribution >= 0.6 is 0 Å². The monoisotopic (exact) mass is 282 g/mol. The minimum atomic E-state index is -0.420. The highest BCUT2D eigenvalue weighted by atomic mass is 19.1. The summed E-state index contributed by atoms with van der Waals surface area (Å²) < 4.78 is 19.2. The van der Waals surface area contributed by atoms with Crippen molar-refractivity contribution in [1.82, 2.24) is 0 Å². The number of anilines is 2. The topological polar surface area (TPSA) is 47.3 Å². The Morgan fingerprint density at radius 3 is 2.45 bits per heavy atom. The van der Waals surface area contributed by atoms with Gasteiger partial charge in [0.05, 0.1) is 17.5 Å². The summed E-state index contributed by atoms with van der Waals surface area (Å²) >= 11 is 0. The highest BCUT2D eigenvalue weighted by Crippen LogP contribution is 2.30. The van der Waals surface area contributed by atoms with Gasteiger partial charge in [0.2, 0.25) is 0 Å². The first-order valence-corrected chi connectivity index (χ1v) is 7.35. The van der Waals surface area contributed by atoms with Crippen LogP contribution in [0.15, 0.2) is 12.1 Å². The molecule has 114 valence electrons. The van der Waals surface area contributed by atoms with E-state index >= 15 is 0 Å². The molecule has 3 N–H and O–H groups in total. The number of nitrogens with two attached hydrogens (primary N) is 1. The Morgan fingerprint density at radius 1 is 1.25 bits per heavy atom. The summed E-state index contributed by atoms with van der Waals surface area (Å²) in [6.07, 6.45) is 2.12. The van der Waals surface area contributed by atoms with Crippen LogP contribution in [0.1, 0.15) is 47.5 Å². The van der Waals surface area contributed by atoms with Gasteiger partial charge in [0.25, 0.3) is 0 Å². The maximum Gasteiger partial charge on any atom is 0.167 e. The molecule has 0 bridgehead atoms. The summed E-state index contributed by atoms with van der Waals surface area (Å²) in [5.41, 5.74) is 7.02. The molecule has 0 radical (unpaired) electrons. The number of hydrogen-bond donors (Lipinski definition) is 2. The normalized spacial score (nSPS) is 14.2. The van der Waals surface area contributed by atoms with Crippen LogP contribution in [0, 0.1) is 11.7 Å². The van der Waals surface area contributed by atoms with Gasteiger partial charge in [-0.25, -0.2) is 4.39 Å². The molecule has 0 aliphatic carbocycles. The van der Waals surface area contributed by atoms with Gasteiger partial charge in [-0.05, 0) is 33.1 Å². The summed E-state index contributed by atoms with van der Waals surface area (Å²) in [6, 6.07) is 3.25. The molecule has 1 rings (SSSR count). The Balaban J connectivity index is 2.83. The van der Waals surface area contributed by atoms with E-state index in [0.717, 1.165) is 18.5 Å². The second-order valence-corrected chi connectivity index (χ2v) is 5.83. The van der Waals surface area contributed by atoms with Gasteiger partial charge in [0.1, 0.15) is 0 Å². The van der Waals surface area contributed by atoms with Crippen molar-refractivity contribution in [3.8, 4) is 5.75 Å². The summed E-state index contributed by atoms with van der Waals surface area (Å²) in [5, 5.41) is 3.34. The molecule has 20 heavy (non-hydrogen) atoms. The molecule has 0 spiro atoms. The van der Waals surface area contributed by atoms with E-state index in [-0.39, 0.29) is 17.9 Å². The lowest BCUT2D eigenvalue weighted by Crippen LogP contribution is -2.19. The zero-order valence-corrected chi connectivity index (χ0v) is 13.2. The van der Waals surface area contributed by atoms with E-state index in [4.69, 9.17) is 10.5 Å². The maximum absolute atomic E-state index is 13.8. The highest BCUT2D eigenvalue weighted by molar-refractivity contribution is 5.68. The Bertz CT molecular complexity index is 435. The lowest BCUT2D eigenvalue weighted by Gasteiger charge is -2.21. The van der Waals surface area contributed by atoms with Crippen LogP contribution in [-0.4, -0.2) is 12.1 Å². The van der Waals surface area contributed by atoms with Crippen molar-refractivity contribution in [2.24, 2.45) is 5.92 Å². The van der Waals surface area contributed by atoms with Gasteiger partial charge in [0, 0.05) is 18.2 Å². The molecule has 0 amide bonds. The molecule has 0 fully saturated rings. The number of nitrogen functional groups attached to an aromatic ring is 1. The number of ether oxygens (including phenoxy) is 1. The highest BCUT2D eigenvalue weighted by Gasteiger charge is 2.13. The third-order valence-corrected chi connectivity index (χ3v) is 3.32. The summed E-state index contributed by atoms with van der Waals surface area (Å²) in [5.74, 6) is 0.467. The molecule has 0 aliphatic rings. The zero-order valence-electron chi connectivity index (χ0n) is 13.2. The Morgan fingerprint density at radius 2 is 1.90 bits per heavy atom. The number of halogens is 1. The second kappa shape index (κ2) is 7.36. The Hall–Kier alpha value is -1.45. The van der Waals surface area contributed by atoms with Crippen molar-refractivity contribution in [2.75, 3.05) is 11.1 Å². The van der Waals surface area contributed by atoms with Crippen LogP contribution < -0.4 is 15.8 Å². The fourth-order valence-corrected chi connectivity index (χ4v) is 2.13. The van der Waals surface area contributed by atoms with Crippen molar-refractivity contribution in [1.29, 1.82) is 0 Å². The summed E-state index contributed by atoms with van der Waals surface area (Å²) in [4.78, 5) is 0. The van der Waals surface area contributed by atoms with Crippen molar-refractivity contribution in [3.63, 3.8) is 0 Å². The molecule has 3 nitrogen and oxygen atoms in total. The third kappa shape index (κ3) is 4.91. The molecule has 0 heterocycles. The number of benzene rings is 1. The predicted molar refractivity (Wildman–Crippen MR) is 83.7 cm³/mol. The van der Waals surface area contributed by atoms with Crippen LogP contribution in [0.25, 0.3) is 0 Å². The van der Waals surface area contributed by atoms with Gasteiger partial charge in [-0.15, -0.1) is 0 Å². The number of nitrogens with one attached hydrogen (secondary N) is 1. The van der Waals surface area contributed by atoms with E-state index in [1.165, 1.54) is 6.07 Å². The van der Waals surface area contributed by atoms with Gasteiger partial charge in [-0.1, -0.05) is 20.3 Å². The largest absolute Gasteiger partial charge is 0.488 e. The standard InChI is InChI=1S/C16H27FN2O/c1-6-11(4)7-12(5)19-15-9-16(20-10(2)3)13(17)8-14(15)18/h8-12,19H,6-7,18H2,1-5H3. The molecule has 0 saturated heterocycles. The van der Waals surface area contributed by atoms with Crippen LogP contribution in [0.2, 0.25) is 0 Å². The van der Waals surface area contributed by atoms with E-state index in [2.05, 4.69) is 26.1 Å². The van der Waals surface area contributed by atoms with Gasteiger partial charge < -0.3 is 15.8 Å². The SMILES string of the molecule is CCC(C)CC(C)Nc1cc(OC(C)C)c(F)cc1N. The molecule has 2 unspecified atom stereocenters. The van der Waals surface area contributed by atoms with E-state index < -0.39 is 5.82 Å². The van der Waals surface area contributed by atoms with Gasteiger partial charge in [0.15, 0.2) is 11.6 Å². The summed E-state index contributed by atoms with van der Waals surface area (Å²) in [7, 11) is 0. The number of rotatable bonds is 7. The third-order valence-electron chi connectivity index (χ3n) is 3.32. The predicted octanol–water partition coefficient (Wildman–Crippen LogP) is 4.43. The average Bonchev–Trinajstić information content (AvgIpc) is 2.34. The van der Waals surface area contributed by atoms with E-state index in [0.29, 0.717) is 11.6 Å². The molecule has 4 heteroatoms. The molecule has 0 aliphatic heterocycles. The lowest BCUT2D eigenvalue weighted by molar-refractivity contribution is 0.231. The Labute approximate surface area is 121 Å². The minimum Gasteiger partial charge on any atom is -0.488 e. The average molecular weight is 282 g/mol. The lowest BCUT2D eigenvalue weighted by atomic mass is 10.00. The molecule has 0 saturated carbocycles. The Kier molecular flexibility index (Phi) is 6.11. The number of hydrogen-bond acceptors (Lipinski definition) is 3. The van der Waals surface area contributed by atoms with Crippen LogP contribution in [0.5, 0.6) is 5.75 Å². The van der Waals surface area contributed by atoms with Gasteiger partial charge in [-0.3, -0.25) is 0 Å². The molecule has 2 atom stereocenters. The van der Waals surface area contributed by atoms with Gasteiger partial charge >= 0.3 is 0 Å². The second-order valence-electron chi connectivity index (χ2n) is 5.83. The molecule has 1 aromatic carbocycles. The quantitative estimate of drug-likeness (QED) is 0.727. The first kappa shape index (κ1) is 16.6. The van der Waals surface area contributed by atoms with Crippen LogP contribution in [0.4, 0.5) is 15.8 Å². The first-order chi connectivity index (χ1) is 9.33. The molecule has 0 aromatic heterocycles. The molecular weight excluding hydrogens is 255 g/mol. The van der Waals surface area contributed by atoms with E-state index in [9.17, 15) is 4.39 Å². The fraction of sp³-hybridized carbons (Fsp3) is 0.625. The van der Waals surface area contributed by atoms with Gasteiger partial charge in [-0.2, -0.15) is 0 Å². The maximum atomic E-state index is 13.8. The van der Waals surface area contributed by atoms with Crippen molar-refractivity contribution in [3.05, 3.63) is 17.9 Å². The molecular formula is C16H27FN2O. The van der Waals surface area contributed by atoms with Crippen LogP contribution in [0.3, 0.4) is 0 Å². The van der Waals surface area contributed by atoms with Crippen LogP contribution in [-0.2, 0) is 0 Å². The minimum absolute atomic E-state index is 0.0708. The zero-order chi connectivity index (χ0) is 15.3. The van der Waals surface area contributed by atoms with Crippen molar-refractivity contribution in [2.45, 2.75) is 59.6 Å². The first-order valence-electron chi connectivity index (χ1n) is 7.35. The summed E-state index contributed by atoms with van der Waals surface area (Å²) in [6.45, 7) is 10.2. The fourth-order valence-electron chi connectivity index (χ4n) is 2.13. The smallest absolute Gasteiger partial charge is 0.167 e. The van der Waals surface area contributed by atoms with Crippen molar-refractivity contribution >= 4 is 11.4 Å². The van der Waals surface area contributed by atoms with Crippen molar-refractivity contribution < 1.29 is 9.13 Å². The van der Waals surface area contributed by atoms with E-state index in [1.54, 1.807) is 6.07 Å².